The summed E-state index contributed by atoms with van der Waals surface area (Å²) in [7, 11) is 1.48. The first-order valence-electron chi connectivity index (χ1n) is 8.54. The number of H-pyrrole nitrogens is 1. The largest absolute Gasteiger partial charge is 0.495 e. The SMILES string of the molecule is COc1ccc(Cl)cc1NC(=O)Cc1cc(=O)[nH]c(SCc2ccccc2F)n1. The molecule has 0 unspecified atom stereocenters. The molecule has 1 amide bonds. The van der Waals surface area contributed by atoms with Gasteiger partial charge in [0, 0.05) is 16.8 Å². The number of carbonyl (C=O) groups is 1. The van der Waals surface area contributed by atoms with E-state index in [1.54, 1.807) is 36.4 Å². The first kappa shape index (κ1) is 20.9. The van der Waals surface area contributed by atoms with Crippen LogP contribution in [0.4, 0.5) is 10.1 Å². The number of benzene rings is 2. The molecule has 1 heterocycles. The van der Waals surface area contributed by atoms with Crippen molar-refractivity contribution in [2.45, 2.75) is 17.3 Å². The van der Waals surface area contributed by atoms with Gasteiger partial charge in [0.1, 0.15) is 11.6 Å². The van der Waals surface area contributed by atoms with Gasteiger partial charge in [0.15, 0.2) is 5.16 Å². The number of nitrogens with zero attached hydrogens (tertiary/aromatic N) is 1. The second-order valence-corrected chi connectivity index (χ2v) is 7.39. The summed E-state index contributed by atoms with van der Waals surface area (Å²) in [6.45, 7) is 0. The zero-order chi connectivity index (χ0) is 20.8. The molecule has 0 spiro atoms. The van der Waals surface area contributed by atoms with E-state index < -0.39 is 0 Å². The molecule has 0 aliphatic rings. The fourth-order valence-corrected chi connectivity index (χ4v) is 3.59. The molecule has 2 N–H and O–H groups in total. The van der Waals surface area contributed by atoms with Crippen LogP contribution in [0.3, 0.4) is 0 Å². The Hall–Kier alpha value is -2.84. The average Bonchev–Trinajstić information content (AvgIpc) is 2.67. The zero-order valence-electron chi connectivity index (χ0n) is 15.4. The van der Waals surface area contributed by atoms with Gasteiger partial charge in [-0.25, -0.2) is 9.37 Å². The molecular formula is C20H17ClFN3O3S. The van der Waals surface area contributed by atoms with Crippen molar-refractivity contribution in [1.29, 1.82) is 0 Å². The van der Waals surface area contributed by atoms with Crippen molar-refractivity contribution in [2.24, 2.45) is 0 Å². The molecule has 0 saturated carbocycles. The summed E-state index contributed by atoms with van der Waals surface area (Å²) in [5.41, 5.74) is 0.822. The predicted molar refractivity (Wildman–Crippen MR) is 111 cm³/mol. The van der Waals surface area contributed by atoms with Crippen molar-refractivity contribution in [2.75, 3.05) is 12.4 Å². The number of ether oxygens (including phenoxy) is 1. The minimum absolute atomic E-state index is 0.118. The second kappa shape index (κ2) is 9.58. The van der Waals surface area contributed by atoms with Gasteiger partial charge in [0.2, 0.25) is 5.91 Å². The summed E-state index contributed by atoms with van der Waals surface area (Å²) in [5, 5.41) is 3.45. The highest BCUT2D eigenvalue weighted by atomic mass is 35.5. The van der Waals surface area contributed by atoms with E-state index in [2.05, 4.69) is 15.3 Å². The lowest BCUT2D eigenvalue weighted by Gasteiger charge is -2.10. The standard InChI is InChI=1S/C20H17ClFN3O3S/c1-28-17-7-6-13(21)8-16(17)24-18(26)9-14-10-19(27)25-20(23-14)29-11-12-4-2-3-5-15(12)22/h2-8,10H,9,11H2,1H3,(H,24,26)(H,23,25,27). The normalized spacial score (nSPS) is 10.6. The van der Waals surface area contributed by atoms with Crippen molar-refractivity contribution >= 4 is 35.0 Å². The van der Waals surface area contributed by atoms with Crippen LogP contribution in [0.5, 0.6) is 5.75 Å². The Kier molecular flexibility index (Phi) is 6.90. The van der Waals surface area contributed by atoms with E-state index >= 15 is 0 Å². The van der Waals surface area contributed by atoms with E-state index in [4.69, 9.17) is 16.3 Å². The number of aromatic amines is 1. The molecule has 9 heteroatoms. The number of rotatable bonds is 7. The van der Waals surface area contributed by atoms with Gasteiger partial charge in [0.25, 0.3) is 5.56 Å². The Bertz CT molecular complexity index is 1090. The molecule has 0 bridgehead atoms. The van der Waals surface area contributed by atoms with Crippen LogP contribution in [-0.4, -0.2) is 23.0 Å². The van der Waals surface area contributed by atoms with Crippen LogP contribution in [0.15, 0.2) is 58.5 Å². The summed E-state index contributed by atoms with van der Waals surface area (Å²) in [4.78, 5) is 31.2. The molecule has 0 aliphatic carbocycles. The lowest BCUT2D eigenvalue weighted by Crippen LogP contribution is -2.18. The minimum atomic E-state index is -0.390. The van der Waals surface area contributed by atoms with E-state index in [0.29, 0.717) is 38.6 Å². The molecule has 0 aliphatic heterocycles. The zero-order valence-corrected chi connectivity index (χ0v) is 16.9. The number of anilines is 1. The number of aromatic nitrogens is 2. The maximum absolute atomic E-state index is 13.7. The van der Waals surface area contributed by atoms with Gasteiger partial charge < -0.3 is 15.0 Å². The Morgan fingerprint density at radius 3 is 2.83 bits per heavy atom. The number of methoxy groups -OCH3 is 1. The van der Waals surface area contributed by atoms with Gasteiger partial charge in [-0.1, -0.05) is 41.6 Å². The molecule has 2 aromatic carbocycles. The average molecular weight is 434 g/mol. The van der Waals surface area contributed by atoms with Gasteiger partial charge in [-0.05, 0) is 29.8 Å². The van der Waals surface area contributed by atoms with E-state index in [9.17, 15) is 14.0 Å². The van der Waals surface area contributed by atoms with Crippen LogP contribution in [0.25, 0.3) is 0 Å². The highest BCUT2D eigenvalue weighted by Gasteiger charge is 2.12. The molecule has 0 saturated heterocycles. The number of halogens is 2. The molecule has 29 heavy (non-hydrogen) atoms. The third-order valence-electron chi connectivity index (χ3n) is 3.87. The van der Waals surface area contributed by atoms with Crippen molar-refractivity contribution in [3.05, 3.63) is 81.0 Å². The molecule has 3 aromatic rings. The van der Waals surface area contributed by atoms with Gasteiger partial charge in [-0.3, -0.25) is 9.59 Å². The quantitative estimate of drug-likeness (QED) is 0.434. The van der Waals surface area contributed by atoms with Crippen molar-refractivity contribution in [1.82, 2.24) is 9.97 Å². The maximum Gasteiger partial charge on any atom is 0.251 e. The molecule has 150 valence electrons. The molecule has 0 radical (unpaired) electrons. The number of nitrogens with one attached hydrogen (secondary N) is 2. The predicted octanol–water partition coefficient (Wildman–Crippen LogP) is 4.04. The summed E-state index contributed by atoms with van der Waals surface area (Å²) >= 11 is 7.14. The Morgan fingerprint density at radius 1 is 1.28 bits per heavy atom. The Balaban J connectivity index is 1.70. The Morgan fingerprint density at radius 2 is 2.07 bits per heavy atom. The van der Waals surface area contributed by atoms with E-state index in [1.807, 2.05) is 0 Å². The minimum Gasteiger partial charge on any atom is -0.495 e. The topological polar surface area (TPSA) is 84.1 Å². The monoisotopic (exact) mass is 433 g/mol. The van der Waals surface area contributed by atoms with Crippen LogP contribution in [-0.2, 0) is 17.0 Å². The smallest absolute Gasteiger partial charge is 0.251 e. The van der Waals surface area contributed by atoms with Crippen LogP contribution in [0, 0.1) is 5.82 Å². The molecule has 0 atom stereocenters. The molecule has 3 rings (SSSR count). The van der Waals surface area contributed by atoms with E-state index in [1.165, 1.54) is 31.0 Å². The molecule has 6 nitrogen and oxygen atoms in total. The summed E-state index contributed by atoms with van der Waals surface area (Å²) in [6.07, 6.45) is -0.118. The number of amides is 1. The van der Waals surface area contributed by atoms with Gasteiger partial charge in [-0.2, -0.15) is 0 Å². The summed E-state index contributed by atoms with van der Waals surface area (Å²) in [5.74, 6) is 0.0511. The van der Waals surface area contributed by atoms with Crippen molar-refractivity contribution < 1.29 is 13.9 Å². The highest BCUT2D eigenvalue weighted by Crippen LogP contribution is 2.27. The third-order valence-corrected chi connectivity index (χ3v) is 5.03. The second-order valence-electron chi connectivity index (χ2n) is 5.99. The summed E-state index contributed by atoms with van der Waals surface area (Å²) in [6, 6.07) is 12.5. The number of hydrogen-bond donors (Lipinski definition) is 2. The Labute approximate surface area is 175 Å². The number of hydrogen-bond acceptors (Lipinski definition) is 5. The van der Waals surface area contributed by atoms with Crippen LogP contribution >= 0.6 is 23.4 Å². The first-order chi connectivity index (χ1) is 13.9. The number of carbonyl (C=O) groups excluding carboxylic acids is 1. The van der Waals surface area contributed by atoms with Crippen molar-refractivity contribution in [3.8, 4) is 5.75 Å². The van der Waals surface area contributed by atoms with Gasteiger partial charge in [-0.15, -0.1) is 0 Å². The number of thioether (sulfide) groups is 1. The molecule has 1 aromatic heterocycles. The fraction of sp³-hybridized carbons (Fsp3) is 0.150. The fourth-order valence-electron chi connectivity index (χ4n) is 2.54. The van der Waals surface area contributed by atoms with Crippen LogP contribution in [0.2, 0.25) is 5.02 Å². The van der Waals surface area contributed by atoms with E-state index in [-0.39, 0.29) is 23.7 Å². The maximum atomic E-state index is 13.7. The highest BCUT2D eigenvalue weighted by molar-refractivity contribution is 7.98. The first-order valence-corrected chi connectivity index (χ1v) is 9.91. The molecular weight excluding hydrogens is 417 g/mol. The summed E-state index contributed by atoms with van der Waals surface area (Å²) < 4.78 is 18.9. The third kappa shape index (κ3) is 5.82. The van der Waals surface area contributed by atoms with E-state index in [0.717, 1.165) is 0 Å². The van der Waals surface area contributed by atoms with Crippen LogP contribution in [0.1, 0.15) is 11.3 Å². The molecule has 0 fully saturated rings. The van der Waals surface area contributed by atoms with Crippen LogP contribution < -0.4 is 15.6 Å². The van der Waals surface area contributed by atoms with Gasteiger partial charge in [0.05, 0.1) is 24.9 Å². The lowest BCUT2D eigenvalue weighted by atomic mass is 10.2. The van der Waals surface area contributed by atoms with Crippen molar-refractivity contribution in [3.63, 3.8) is 0 Å². The lowest BCUT2D eigenvalue weighted by molar-refractivity contribution is -0.115. The van der Waals surface area contributed by atoms with Gasteiger partial charge >= 0.3 is 0 Å².